The number of rotatable bonds is 5. The van der Waals surface area contributed by atoms with E-state index in [1.54, 1.807) is 25.1 Å². The molecule has 0 atom stereocenters. The quantitative estimate of drug-likeness (QED) is 0.832. The first-order valence-electron chi connectivity index (χ1n) is 6.67. The molecule has 2 rings (SSSR count). The van der Waals surface area contributed by atoms with Gasteiger partial charge in [-0.3, -0.25) is 9.52 Å². The van der Waals surface area contributed by atoms with Crippen molar-refractivity contribution in [2.45, 2.75) is 6.92 Å². The van der Waals surface area contributed by atoms with E-state index in [4.69, 9.17) is 23.2 Å². The van der Waals surface area contributed by atoms with Crippen molar-refractivity contribution >= 4 is 50.5 Å². The molecule has 0 fully saturated rings. The van der Waals surface area contributed by atoms with Crippen LogP contribution in [0.15, 0.2) is 42.5 Å². The number of anilines is 2. The zero-order chi connectivity index (χ0) is 17.0. The van der Waals surface area contributed by atoms with Gasteiger partial charge in [0, 0.05) is 16.9 Å². The molecule has 2 N–H and O–H groups in total. The lowest BCUT2D eigenvalue weighted by molar-refractivity contribution is 0.102. The summed E-state index contributed by atoms with van der Waals surface area (Å²) in [5, 5.41) is 3.43. The van der Waals surface area contributed by atoms with Crippen molar-refractivity contribution in [2.24, 2.45) is 0 Å². The van der Waals surface area contributed by atoms with Crippen molar-refractivity contribution in [1.29, 1.82) is 0 Å². The zero-order valence-corrected chi connectivity index (χ0v) is 14.5. The summed E-state index contributed by atoms with van der Waals surface area (Å²) < 4.78 is 25.4. The number of carbonyl (C=O) groups excluding carboxylic acids is 1. The van der Waals surface area contributed by atoms with E-state index in [0.717, 1.165) is 0 Å². The molecule has 23 heavy (non-hydrogen) atoms. The van der Waals surface area contributed by atoms with Crippen molar-refractivity contribution in [2.75, 3.05) is 15.8 Å². The van der Waals surface area contributed by atoms with Gasteiger partial charge < -0.3 is 5.32 Å². The monoisotopic (exact) mass is 372 g/mol. The van der Waals surface area contributed by atoms with E-state index in [9.17, 15) is 13.2 Å². The molecular formula is C15H14Cl2N2O3S. The Kier molecular flexibility index (Phi) is 5.51. The predicted octanol–water partition coefficient (Wildman–Crippen LogP) is 4.01. The molecule has 8 heteroatoms. The molecule has 0 bridgehead atoms. The molecule has 0 spiro atoms. The van der Waals surface area contributed by atoms with E-state index >= 15 is 0 Å². The smallest absolute Gasteiger partial charge is 0.255 e. The van der Waals surface area contributed by atoms with Crippen molar-refractivity contribution in [1.82, 2.24) is 0 Å². The number of hydrogen-bond acceptors (Lipinski definition) is 3. The van der Waals surface area contributed by atoms with Crippen LogP contribution in [0.4, 0.5) is 11.4 Å². The van der Waals surface area contributed by atoms with Crippen molar-refractivity contribution < 1.29 is 13.2 Å². The van der Waals surface area contributed by atoms with Crippen LogP contribution in [-0.2, 0) is 10.0 Å². The molecule has 0 radical (unpaired) electrons. The molecule has 1 amide bonds. The number of nitrogens with one attached hydrogen (secondary N) is 2. The fourth-order valence-electron chi connectivity index (χ4n) is 1.72. The Labute approximate surface area is 144 Å². The number of benzene rings is 2. The minimum atomic E-state index is -3.34. The lowest BCUT2D eigenvalue weighted by atomic mass is 10.2. The highest BCUT2D eigenvalue weighted by Gasteiger charge is 2.10. The lowest BCUT2D eigenvalue weighted by Gasteiger charge is -2.08. The minimum Gasteiger partial charge on any atom is -0.322 e. The van der Waals surface area contributed by atoms with Gasteiger partial charge in [-0.2, -0.15) is 0 Å². The molecule has 2 aromatic rings. The fourth-order valence-corrected chi connectivity index (χ4v) is 2.66. The van der Waals surface area contributed by atoms with Crippen LogP contribution < -0.4 is 10.0 Å². The molecule has 0 aliphatic carbocycles. The number of halogens is 2. The third-order valence-corrected chi connectivity index (χ3v) is 5.02. The van der Waals surface area contributed by atoms with Gasteiger partial charge in [0.15, 0.2) is 0 Å². The van der Waals surface area contributed by atoms with Crippen molar-refractivity contribution in [3.05, 3.63) is 58.1 Å². The summed E-state index contributed by atoms with van der Waals surface area (Å²) in [5.74, 6) is -0.361. The number of carbonyl (C=O) groups is 1. The van der Waals surface area contributed by atoms with E-state index in [0.29, 0.717) is 27.0 Å². The summed E-state index contributed by atoms with van der Waals surface area (Å²) >= 11 is 11.7. The number of hydrogen-bond donors (Lipinski definition) is 2. The summed E-state index contributed by atoms with van der Waals surface area (Å²) in [4.78, 5) is 12.1. The van der Waals surface area contributed by atoms with E-state index in [1.165, 1.54) is 24.3 Å². The molecule has 122 valence electrons. The van der Waals surface area contributed by atoms with Crippen LogP contribution in [0.25, 0.3) is 0 Å². The fraction of sp³-hybridized carbons (Fsp3) is 0.133. The molecule has 2 aromatic carbocycles. The molecule has 0 aliphatic heterocycles. The second-order valence-electron chi connectivity index (χ2n) is 4.67. The minimum absolute atomic E-state index is 0.0213. The number of sulfonamides is 1. The van der Waals surface area contributed by atoms with Gasteiger partial charge in [0.1, 0.15) is 0 Å². The average molecular weight is 373 g/mol. The average Bonchev–Trinajstić information content (AvgIpc) is 2.51. The van der Waals surface area contributed by atoms with Crippen LogP contribution >= 0.6 is 23.2 Å². The predicted molar refractivity (Wildman–Crippen MR) is 93.9 cm³/mol. The highest BCUT2D eigenvalue weighted by atomic mass is 35.5. The van der Waals surface area contributed by atoms with Gasteiger partial charge in [0.2, 0.25) is 10.0 Å². The SMILES string of the molecule is CCS(=O)(=O)Nc1ccc(C(=O)Nc2ccc(Cl)c(Cl)c2)cc1. The highest BCUT2D eigenvalue weighted by Crippen LogP contribution is 2.25. The van der Waals surface area contributed by atoms with E-state index in [-0.39, 0.29) is 11.7 Å². The van der Waals surface area contributed by atoms with Gasteiger partial charge in [-0.1, -0.05) is 23.2 Å². The number of amides is 1. The molecule has 0 heterocycles. The van der Waals surface area contributed by atoms with Gasteiger partial charge in [0.25, 0.3) is 5.91 Å². The Bertz CT molecular complexity index is 821. The summed E-state index contributed by atoms with van der Waals surface area (Å²) in [6, 6.07) is 10.9. The standard InChI is InChI=1S/C15H14Cl2N2O3S/c1-2-23(21,22)19-11-5-3-10(4-6-11)15(20)18-12-7-8-13(16)14(17)9-12/h3-9,19H,2H2,1H3,(H,18,20). The summed E-state index contributed by atoms with van der Waals surface area (Å²) in [7, 11) is -3.34. The van der Waals surface area contributed by atoms with Crippen LogP contribution in [0.1, 0.15) is 17.3 Å². The first-order chi connectivity index (χ1) is 10.8. The zero-order valence-electron chi connectivity index (χ0n) is 12.1. The maximum Gasteiger partial charge on any atom is 0.255 e. The van der Waals surface area contributed by atoms with Gasteiger partial charge in [0.05, 0.1) is 15.8 Å². The maximum absolute atomic E-state index is 12.1. The van der Waals surface area contributed by atoms with Gasteiger partial charge in [-0.15, -0.1) is 0 Å². The third kappa shape index (κ3) is 4.86. The third-order valence-electron chi connectivity index (χ3n) is 2.98. The molecule has 0 saturated carbocycles. The molecule has 0 unspecified atom stereocenters. The molecular weight excluding hydrogens is 359 g/mol. The van der Waals surface area contributed by atoms with Crippen LogP contribution in [0, 0.1) is 0 Å². The van der Waals surface area contributed by atoms with Crippen molar-refractivity contribution in [3.63, 3.8) is 0 Å². The first-order valence-corrected chi connectivity index (χ1v) is 9.08. The summed E-state index contributed by atoms with van der Waals surface area (Å²) in [5.41, 5.74) is 1.30. The molecule has 0 aliphatic rings. The Morgan fingerprint density at radius 3 is 2.17 bits per heavy atom. The summed E-state index contributed by atoms with van der Waals surface area (Å²) in [6.07, 6.45) is 0. The second-order valence-corrected chi connectivity index (χ2v) is 7.49. The topological polar surface area (TPSA) is 75.3 Å². The van der Waals surface area contributed by atoms with E-state index in [1.807, 2.05) is 0 Å². The van der Waals surface area contributed by atoms with E-state index in [2.05, 4.69) is 10.0 Å². The highest BCUT2D eigenvalue weighted by molar-refractivity contribution is 7.92. The summed E-state index contributed by atoms with van der Waals surface area (Å²) in [6.45, 7) is 1.54. The first kappa shape index (κ1) is 17.6. The van der Waals surface area contributed by atoms with Crippen molar-refractivity contribution in [3.8, 4) is 0 Å². The van der Waals surface area contributed by atoms with Gasteiger partial charge in [-0.05, 0) is 49.4 Å². The van der Waals surface area contributed by atoms with E-state index < -0.39 is 10.0 Å². The Hall–Kier alpha value is -1.76. The van der Waals surface area contributed by atoms with Crippen LogP contribution in [0.3, 0.4) is 0 Å². The Balaban J connectivity index is 2.09. The van der Waals surface area contributed by atoms with Crippen LogP contribution in [-0.4, -0.2) is 20.1 Å². The lowest BCUT2D eigenvalue weighted by Crippen LogP contribution is -2.15. The largest absolute Gasteiger partial charge is 0.322 e. The van der Waals surface area contributed by atoms with Crippen LogP contribution in [0.5, 0.6) is 0 Å². The maximum atomic E-state index is 12.1. The second kappa shape index (κ2) is 7.21. The molecule has 0 saturated heterocycles. The Morgan fingerprint density at radius 2 is 1.61 bits per heavy atom. The van der Waals surface area contributed by atoms with Crippen LogP contribution in [0.2, 0.25) is 10.0 Å². The van der Waals surface area contributed by atoms with Gasteiger partial charge in [-0.25, -0.2) is 8.42 Å². The molecule has 5 nitrogen and oxygen atoms in total. The Morgan fingerprint density at radius 1 is 1.00 bits per heavy atom. The molecule has 0 aromatic heterocycles. The van der Waals surface area contributed by atoms with Gasteiger partial charge >= 0.3 is 0 Å². The normalized spacial score (nSPS) is 11.1.